The molecule has 0 unspecified atom stereocenters. The van der Waals surface area contributed by atoms with Crippen molar-refractivity contribution in [2.24, 2.45) is 0 Å². The summed E-state index contributed by atoms with van der Waals surface area (Å²) in [6.07, 6.45) is 0. The first-order valence-electron chi connectivity index (χ1n) is 1.65. The van der Waals surface area contributed by atoms with Gasteiger partial charge in [-0.1, -0.05) is 0 Å². The van der Waals surface area contributed by atoms with Crippen LogP contribution in [0.4, 0.5) is 0 Å². The molecular formula is C2H10CoN5O7-2. The van der Waals surface area contributed by atoms with Gasteiger partial charge in [-0.25, -0.2) is 10.4 Å². The monoisotopic (exact) mass is 275 g/mol. The molecule has 0 aliphatic carbocycles. The molecule has 13 heteroatoms. The van der Waals surface area contributed by atoms with Crippen LogP contribution < -0.4 is 10.2 Å². The fourth-order valence-electron chi connectivity index (χ4n) is 0. The smallest absolute Gasteiger partial charge is 0.693 e. The van der Waals surface area contributed by atoms with E-state index in [0.29, 0.717) is 0 Å². The van der Waals surface area contributed by atoms with E-state index in [4.69, 9.17) is 35.1 Å². The predicted molar refractivity (Wildman–Crippen MR) is 38.4 cm³/mol. The van der Waals surface area contributed by atoms with Crippen molar-refractivity contribution in [3.8, 4) is 0 Å². The van der Waals surface area contributed by atoms with Crippen LogP contribution in [0.1, 0.15) is 0 Å². The molecule has 0 aliphatic heterocycles. The zero-order chi connectivity index (χ0) is 8.73. The molecule has 0 saturated carbocycles. The summed E-state index contributed by atoms with van der Waals surface area (Å²) in [4.78, 5) is 26.3. The van der Waals surface area contributed by atoms with Gasteiger partial charge in [0.05, 0.1) is 11.9 Å². The van der Waals surface area contributed by atoms with Crippen molar-refractivity contribution >= 4 is 11.9 Å². The Morgan fingerprint density at radius 2 is 0.933 bits per heavy atom. The summed E-state index contributed by atoms with van der Waals surface area (Å²) in [7, 11) is 0. The van der Waals surface area contributed by atoms with Gasteiger partial charge >= 0.3 is 21.9 Å². The maximum atomic E-state index is 8.93. The Hall–Kier alpha value is -1.51. The van der Waals surface area contributed by atoms with Crippen molar-refractivity contribution in [1.82, 2.24) is 0 Å². The van der Waals surface area contributed by atoms with E-state index in [1.54, 1.807) is 0 Å². The molecular weight excluding hydrogens is 265 g/mol. The second-order valence-electron chi connectivity index (χ2n) is 0.828. The summed E-state index contributed by atoms with van der Waals surface area (Å²) in [5.74, 6) is -4.37. The third-order valence-electron chi connectivity index (χ3n) is 0.167. The summed E-state index contributed by atoms with van der Waals surface area (Å²) in [5.41, 5.74) is 0. The van der Waals surface area contributed by atoms with Crippen molar-refractivity contribution in [2.75, 3.05) is 0 Å². The second kappa shape index (κ2) is 29.4. The van der Waals surface area contributed by atoms with Crippen molar-refractivity contribution in [2.45, 2.75) is 0 Å². The molecule has 0 fully saturated rings. The van der Waals surface area contributed by atoms with Gasteiger partial charge in [0.15, 0.2) is 0 Å². The standard InChI is InChI=1S/C2H2O4.Co.H2NO3.4H2N/c3-1(4)2(5)6;;2-1(3)4;;;;/h(H,3,4)(H,5,6);;(H2,2,3,4);4*1H2/q;+3;+1;4*-1/p-2. The van der Waals surface area contributed by atoms with Crippen molar-refractivity contribution < 1.29 is 52.1 Å². The molecule has 0 radical (unpaired) electrons. The fourth-order valence-corrected chi connectivity index (χ4v) is 0. The molecule has 0 aromatic carbocycles. The van der Waals surface area contributed by atoms with E-state index < -0.39 is 17.0 Å². The molecule has 15 heavy (non-hydrogen) atoms. The molecule has 0 heterocycles. The molecule has 0 spiro atoms. The van der Waals surface area contributed by atoms with E-state index in [1.165, 1.54) is 0 Å². The minimum absolute atomic E-state index is 0. The molecule has 0 atom stereocenters. The van der Waals surface area contributed by atoms with Gasteiger partial charge in [0.2, 0.25) is 0 Å². The molecule has 12 nitrogen and oxygen atoms in total. The second-order valence-corrected chi connectivity index (χ2v) is 0.828. The quantitative estimate of drug-likeness (QED) is 0.405. The summed E-state index contributed by atoms with van der Waals surface area (Å²) in [6, 6.07) is 0. The van der Waals surface area contributed by atoms with Gasteiger partial charge in [-0.15, -0.1) is 0 Å². The number of nitrogens with zero attached hydrogens (tertiary/aromatic N) is 1. The first kappa shape index (κ1) is 50.0. The van der Waals surface area contributed by atoms with Crippen LogP contribution in [0.3, 0.4) is 0 Å². The number of hydrogen-bond acceptors (Lipinski definition) is 5. The van der Waals surface area contributed by atoms with Crippen molar-refractivity contribution in [1.29, 1.82) is 0 Å². The third kappa shape index (κ3) is 222. The average Bonchev–Trinajstić information content (AvgIpc) is 1.63. The van der Waals surface area contributed by atoms with Gasteiger partial charge in [0, 0.05) is 0 Å². The van der Waals surface area contributed by atoms with E-state index in [1.807, 2.05) is 0 Å². The molecule has 10 N–H and O–H groups in total. The average molecular weight is 275 g/mol. The number of hydrogen-bond donors (Lipinski definition) is 2. The van der Waals surface area contributed by atoms with Gasteiger partial charge in [0.25, 0.3) is 0 Å². The van der Waals surface area contributed by atoms with Crippen molar-refractivity contribution in [3.05, 3.63) is 29.5 Å². The first-order valence-corrected chi connectivity index (χ1v) is 1.65. The Bertz CT molecular complexity index is 147. The molecule has 0 bridgehead atoms. The van der Waals surface area contributed by atoms with Crippen LogP contribution in [-0.4, -0.2) is 27.4 Å². The number of carboxylic acid groups (broad SMARTS) is 2. The maximum absolute atomic E-state index is 8.93. The van der Waals surface area contributed by atoms with Gasteiger partial charge < -0.3 is 44.4 Å². The van der Waals surface area contributed by atoms with Gasteiger partial charge in [-0.2, -0.15) is 0 Å². The van der Waals surface area contributed by atoms with Crippen molar-refractivity contribution in [3.63, 3.8) is 0 Å². The molecule has 0 aromatic heterocycles. The number of aliphatic carboxylic acids is 2. The first-order chi connectivity index (χ1) is 4.37. The molecule has 0 aliphatic rings. The van der Waals surface area contributed by atoms with Crippen LogP contribution in [0.2, 0.25) is 0 Å². The zero-order valence-corrected chi connectivity index (χ0v) is 8.07. The number of nitrogens with two attached hydrogens (primary N) is 4. The van der Waals surface area contributed by atoms with Crippen LogP contribution in [0.15, 0.2) is 0 Å². The fraction of sp³-hybridized carbons (Fsp3) is 0. The predicted octanol–water partition coefficient (Wildman–Crippen LogP) is -1.10. The van der Waals surface area contributed by atoms with Gasteiger partial charge in [-0.3, -0.25) is 0 Å². The SMILES string of the molecule is O=C([O-])C(=O)[O-].O=[N+](O)O.[Co+3].[NH2-].[NH2-].[NH2-].[NH2-]. The normalized spacial score (nSPS) is 4.53. The van der Waals surface area contributed by atoms with Crippen LogP contribution in [0.5, 0.6) is 0 Å². The van der Waals surface area contributed by atoms with Gasteiger partial charge in [0.1, 0.15) is 4.91 Å². The van der Waals surface area contributed by atoms with E-state index in [0.717, 1.165) is 0 Å². The maximum Gasteiger partial charge on any atom is 3.00 e. The molecule has 96 valence electrons. The Morgan fingerprint density at radius 1 is 0.867 bits per heavy atom. The summed E-state index contributed by atoms with van der Waals surface area (Å²) in [6.45, 7) is 0. The molecule has 0 aromatic rings. The Labute approximate surface area is 94.3 Å². The van der Waals surface area contributed by atoms with Crippen LogP contribution in [0.25, 0.3) is 24.6 Å². The minimum Gasteiger partial charge on any atom is -0.693 e. The summed E-state index contributed by atoms with van der Waals surface area (Å²) >= 11 is 0. The van der Waals surface area contributed by atoms with E-state index in [9.17, 15) is 0 Å². The van der Waals surface area contributed by atoms with Gasteiger partial charge in [-0.05, 0) is 0 Å². The number of rotatable bonds is 0. The summed E-state index contributed by atoms with van der Waals surface area (Å²) in [5, 5.41) is 30.4. The van der Waals surface area contributed by atoms with E-state index in [-0.39, 0.29) is 41.4 Å². The third-order valence-corrected chi connectivity index (χ3v) is 0.167. The Balaban J connectivity index is -0.0000000133. The molecule has 0 saturated heterocycles. The van der Waals surface area contributed by atoms with Crippen LogP contribution >= 0.6 is 0 Å². The topological polar surface area (TPSA) is 275 Å². The van der Waals surface area contributed by atoms with E-state index in [2.05, 4.69) is 0 Å². The Morgan fingerprint density at radius 3 is 0.933 bits per heavy atom. The molecule has 0 rings (SSSR count). The Kier molecular flexibility index (Phi) is 97.9. The largest absolute Gasteiger partial charge is 3.00 e. The number of carbonyl (C=O) groups is 2. The van der Waals surface area contributed by atoms with Crippen LogP contribution in [-0.2, 0) is 26.4 Å². The molecule has 0 amide bonds. The minimum atomic E-state index is -2.19. The van der Waals surface area contributed by atoms with Crippen LogP contribution in [0, 0.1) is 4.91 Å². The number of carbonyl (C=O) groups excluding carboxylic acids is 2. The van der Waals surface area contributed by atoms with E-state index >= 15 is 0 Å². The zero-order valence-electron chi connectivity index (χ0n) is 7.03. The summed E-state index contributed by atoms with van der Waals surface area (Å²) < 4.78 is 0. The number of carboxylic acids is 2.